The van der Waals surface area contributed by atoms with Crippen molar-refractivity contribution in [2.45, 2.75) is 6.61 Å². The van der Waals surface area contributed by atoms with Crippen molar-refractivity contribution in [3.8, 4) is 11.8 Å². The van der Waals surface area contributed by atoms with Crippen molar-refractivity contribution in [3.63, 3.8) is 0 Å². The standard InChI is InChI=1S/C10H6F2N2O5/c1-18-9(15)8-5(4-13)2-6(14(16)17)3-7(8)19-10(11)12/h2-3,10H,1H3. The first-order valence-corrected chi connectivity index (χ1v) is 4.66. The normalized spacial score (nSPS) is 9.84. The van der Waals surface area contributed by atoms with Crippen molar-refractivity contribution in [2.24, 2.45) is 0 Å². The molecule has 0 N–H and O–H groups in total. The van der Waals surface area contributed by atoms with Gasteiger partial charge in [0, 0.05) is 6.07 Å². The Kier molecular flexibility index (Phi) is 4.31. The molecule has 0 aliphatic rings. The van der Waals surface area contributed by atoms with E-state index in [0.717, 1.165) is 13.2 Å². The maximum atomic E-state index is 12.2. The van der Waals surface area contributed by atoms with Crippen LogP contribution in [0.2, 0.25) is 0 Å². The van der Waals surface area contributed by atoms with Crippen LogP contribution in [0.15, 0.2) is 12.1 Å². The maximum absolute atomic E-state index is 12.2. The van der Waals surface area contributed by atoms with Crippen molar-refractivity contribution in [2.75, 3.05) is 7.11 Å². The average Bonchev–Trinajstić information content (AvgIpc) is 2.35. The van der Waals surface area contributed by atoms with E-state index in [4.69, 9.17) is 5.26 Å². The zero-order chi connectivity index (χ0) is 14.6. The molecule has 0 bridgehead atoms. The summed E-state index contributed by atoms with van der Waals surface area (Å²) < 4.78 is 32.7. The molecule has 1 aromatic rings. The van der Waals surface area contributed by atoms with Crippen molar-refractivity contribution in [3.05, 3.63) is 33.4 Å². The number of methoxy groups -OCH3 is 1. The molecule has 1 aromatic carbocycles. The second-order valence-electron chi connectivity index (χ2n) is 3.11. The Morgan fingerprint density at radius 1 is 1.53 bits per heavy atom. The molecule has 0 radical (unpaired) electrons. The minimum absolute atomic E-state index is 0.489. The predicted molar refractivity (Wildman–Crippen MR) is 55.8 cm³/mol. The van der Waals surface area contributed by atoms with Gasteiger partial charge >= 0.3 is 12.6 Å². The summed E-state index contributed by atoms with van der Waals surface area (Å²) >= 11 is 0. The lowest BCUT2D eigenvalue weighted by atomic mass is 10.1. The fourth-order valence-electron chi connectivity index (χ4n) is 1.30. The summed E-state index contributed by atoms with van der Waals surface area (Å²) in [6.45, 7) is -3.31. The highest BCUT2D eigenvalue weighted by atomic mass is 19.3. The molecule has 0 amide bonds. The van der Waals surface area contributed by atoms with Gasteiger partial charge in [-0.2, -0.15) is 14.0 Å². The Morgan fingerprint density at radius 3 is 2.58 bits per heavy atom. The van der Waals surface area contributed by atoms with E-state index in [1.807, 2.05) is 0 Å². The van der Waals surface area contributed by atoms with E-state index in [1.165, 1.54) is 6.07 Å². The van der Waals surface area contributed by atoms with Gasteiger partial charge in [-0.15, -0.1) is 0 Å². The molecule has 0 fully saturated rings. The molecule has 0 unspecified atom stereocenters. The molecule has 0 saturated heterocycles. The van der Waals surface area contributed by atoms with Crippen molar-refractivity contribution < 1.29 is 28.0 Å². The lowest BCUT2D eigenvalue weighted by Crippen LogP contribution is -2.11. The zero-order valence-corrected chi connectivity index (χ0v) is 9.42. The van der Waals surface area contributed by atoms with E-state index < -0.39 is 40.1 Å². The first kappa shape index (κ1) is 14.3. The SMILES string of the molecule is COC(=O)c1c(C#N)cc([N+](=O)[O-])cc1OC(F)F. The zero-order valence-electron chi connectivity index (χ0n) is 9.42. The maximum Gasteiger partial charge on any atom is 0.387 e. The number of hydrogen-bond acceptors (Lipinski definition) is 6. The second-order valence-corrected chi connectivity index (χ2v) is 3.11. The van der Waals surface area contributed by atoms with Gasteiger partial charge in [-0.25, -0.2) is 4.79 Å². The molecule has 0 spiro atoms. The number of alkyl halides is 2. The van der Waals surface area contributed by atoms with Gasteiger partial charge in [-0.05, 0) is 0 Å². The first-order chi connectivity index (χ1) is 8.90. The molecule has 0 saturated carbocycles. The third kappa shape index (κ3) is 3.12. The molecule has 0 aliphatic heterocycles. The van der Waals surface area contributed by atoms with Crippen LogP contribution < -0.4 is 4.74 Å². The molecule has 9 heteroatoms. The minimum atomic E-state index is -3.31. The van der Waals surface area contributed by atoms with E-state index in [1.54, 1.807) is 0 Å². The Hall–Kier alpha value is -2.76. The Bertz CT molecular complexity index is 568. The number of rotatable bonds is 4. The molecule has 0 aliphatic carbocycles. The number of nitro groups is 1. The van der Waals surface area contributed by atoms with E-state index in [9.17, 15) is 23.7 Å². The number of nitro benzene ring substituents is 1. The van der Waals surface area contributed by atoms with Gasteiger partial charge in [0.05, 0.1) is 23.7 Å². The van der Waals surface area contributed by atoms with Crippen LogP contribution in [0.25, 0.3) is 0 Å². The number of non-ortho nitro benzene ring substituents is 1. The summed E-state index contributed by atoms with van der Waals surface area (Å²) in [5, 5.41) is 19.4. The Morgan fingerprint density at radius 2 is 2.16 bits per heavy atom. The number of halogens is 2. The molecule has 19 heavy (non-hydrogen) atoms. The molecule has 0 atom stereocenters. The number of ether oxygens (including phenoxy) is 2. The van der Waals surface area contributed by atoms with Crippen molar-refractivity contribution in [1.29, 1.82) is 5.26 Å². The van der Waals surface area contributed by atoms with Crippen LogP contribution in [0, 0.1) is 21.4 Å². The van der Waals surface area contributed by atoms with Gasteiger partial charge in [-0.3, -0.25) is 10.1 Å². The monoisotopic (exact) mass is 272 g/mol. The number of carbonyl (C=O) groups excluding carboxylic acids is 1. The topological polar surface area (TPSA) is 102 Å². The van der Waals surface area contributed by atoms with Gasteiger partial charge in [0.1, 0.15) is 17.4 Å². The summed E-state index contributed by atoms with van der Waals surface area (Å²) in [6, 6.07) is 2.88. The fourth-order valence-corrected chi connectivity index (χ4v) is 1.30. The van der Waals surface area contributed by atoms with Gasteiger partial charge in [0.25, 0.3) is 5.69 Å². The van der Waals surface area contributed by atoms with E-state index in [0.29, 0.717) is 6.07 Å². The number of carbonyl (C=O) groups is 1. The summed E-state index contributed by atoms with van der Waals surface area (Å²) in [7, 11) is 0.969. The third-order valence-electron chi connectivity index (χ3n) is 2.02. The van der Waals surface area contributed by atoms with Crippen LogP contribution >= 0.6 is 0 Å². The highest BCUT2D eigenvalue weighted by molar-refractivity contribution is 5.95. The highest BCUT2D eigenvalue weighted by Crippen LogP contribution is 2.30. The molecule has 1 rings (SSSR count). The number of nitrogens with zero attached hydrogens (tertiary/aromatic N) is 2. The molecule has 0 aromatic heterocycles. The lowest BCUT2D eigenvalue weighted by molar-refractivity contribution is -0.385. The van der Waals surface area contributed by atoms with E-state index in [2.05, 4.69) is 9.47 Å². The largest absolute Gasteiger partial charge is 0.465 e. The van der Waals surface area contributed by atoms with Crippen LogP contribution in [0.3, 0.4) is 0 Å². The van der Waals surface area contributed by atoms with E-state index in [-0.39, 0.29) is 0 Å². The first-order valence-electron chi connectivity index (χ1n) is 4.66. The average molecular weight is 272 g/mol. The van der Waals surface area contributed by atoms with Crippen LogP contribution in [0.5, 0.6) is 5.75 Å². The Labute approximate surface area is 105 Å². The molecular weight excluding hydrogens is 266 g/mol. The predicted octanol–water partition coefficient (Wildman–Crippen LogP) is 1.85. The Balaban J connectivity index is 3.53. The van der Waals surface area contributed by atoms with Crippen LogP contribution in [-0.4, -0.2) is 24.6 Å². The van der Waals surface area contributed by atoms with Gasteiger partial charge in [0.2, 0.25) is 0 Å². The van der Waals surface area contributed by atoms with Gasteiger partial charge < -0.3 is 9.47 Å². The number of esters is 1. The van der Waals surface area contributed by atoms with E-state index >= 15 is 0 Å². The van der Waals surface area contributed by atoms with Gasteiger partial charge in [-0.1, -0.05) is 0 Å². The quantitative estimate of drug-likeness (QED) is 0.470. The summed E-state index contributed by atoms with van der Waals surface area (Å²) in [5.74, 6) is -1.89. The van der Waals surface area contributed by atoms with Crippen LogP contribution in [-0.2, 0) is 4.74 Å². The molecule has 7 nitrogen and oxygen atoms in total. The molecule has 100 valence electrons. The summed E-state index contributed by atoms with van der Waals surface area (Å²) in [5.41, 5.74) is -1.73. The van der Waals surface area contributed by atoms with Crippen molar-refractivity contribution in [1.82, 2.24) is 0 Å². The summed E-state index contributed by atoms with van der Waals surface area (Å²) in [6.07, 6.45) is 0. The number of nitriles is 1. The summed E-state index contributed by atoms with van der Waals surface area (Å²) in [4.78, 5) is 21.1. The number of hydrogen-bond donors (Lipinski definition) is 0. The molecule has 0 heterocycles. The highest BCUT2D eigenvalue weighted by Gasteiger charge is 2.25. The van der Waals surface area contributed by atoms with Crippen molar-refractivity contribution >= 4 is 11.7 Å². The van der Waals surface area contributed by atoms with Gasteiger partial charge in [0.15, 0.2) is 0 Å². The second kappa shape index (κ2) is 5.72. The fraction of sp³-hybridized carbons (Fsp3) is 0.200. The molecular formula is C10H6F2N2O5. The lowest BCUT2D eigenvalue weighted by Gasteiger charge is -2.10. The smallest absolute Gasteiger partial charge is 0.387 e. The number of benzene rings is 1. The third-order valence-corrected chi connectivity index (χ3v) is 2.02. The van der Waals surface area contributed by atoms with Crippen LogP contribution in [0.1, 0.15) is 15.9 Å². The van der Waals surface area contributed by atoms with Crippen LogP contribution in [0.4, 0.5) is 14.5 Å². The minimum Gasteiger partial charge on any atom is -0.465 e.